The number of likely N-dealkylation sites (N-methyl/N-ethyl adjacent to an activating group) is 2. The number of anilines is 1. The van der Waals surface area contributed by atoms with Gasteiger partial charge in [-0.2, -0.15) is 0 Å². The van der Waals surface area contributed by atoms with E-state index < -0.39 is 6.04 Å². The minimum Gasteiger partial charge on any atom is -0.468 e. The molecule has 0 saturated carbocycles. The van der Waals surface area contributed by atoms with Crippen LogP contribution in [0.4, 0.5) is 10.1 Å². The molecule has 1 atom stereocenters. The van der Waals surface area contributed by atoms with Gasteiger partial charge in [0.2, 0.25) is 0 Å². The Balaban J connectivity index is 2.80. The highest BCUT2D eigenvalue weighted by atomic mass is 19.1. The number of esters is 1. The number of nitrogens with zero attached hydrogens (tertiary/aromatic N) is 1. The van der Waals surface area contributed by atoms with Gasteiger partial charge in [0.15, 0.2) is 0 Å². The summed E-state index contributed by atoms with van der Waals surface area (Å²) in [6.45, 7) is 3.07. The lowest BCUT2D eigenvalue weighted by molar-refractivity contribution is -0.142. The summed E-state index contributed by atoms with van der Waals surface area (Å²) in [5.74, 6) is -0.614. The highest BCUT2D eigenvalue weighted by molar-refractivity contribution is 5.76. The summed E-state index contributed by atoms with van der Waals surface area (Å²) in [6, 6.07) is 5.88. The second-order valence-electron chi connectivity index (χ2n) is 3.88. The number of hydrogen-bond donors (Lipinski definition) is 1. The normalized spacial score (nSPS) is 12.0. The fraction of sp³-hybridized carbons (Fsp3) is 0.462. The number of methoxy groups -OCH3 is 1. The lowest BCUT2D eigenvalue weighted by Crippen LogP contribution is -2.45. The van der Waals surface area contributed by atoms with Crippen LogP contribution in [0.3, 0.4) is 0 Å². The van der Waals surface area contributed by atoms with E-state index in [1.807, 2.05) is 17.9 Å². The maximum absolute atomic E-state index is 13.2. The van der Waals surface area contributed by atoms with Crippen molar-refractivity contribution in [2.45, 2.75) is 13.0 Å². The van der Waals surface area contributed by atoms with Gasteiger partial charge in [-0.3, -0.25) is 4.79 Å². The van der Waals surface area contributed by atoms with Gasteiger partial charge in [0.25, 0.3) is 0 Å². The molecule has 4 nitrogen and oxygen atoms in total. The van der Waals surface area contributed by atoms with E-state index in [0.29, 0.717) is 13.1 Å². The van der Waals surface area contributed by atoms with Gasteiger partial charge in [0, 0.05) is 18.8 Å². The minimum absolute atomic E-state index is 0.287. The molecule has 0 heterocycles. The SMILES string of the molecule is CCN(CC(NC)C(=O)OC)c1cccc(F)c1. The van der Waals surface area contributed by atoms with Gasteiger partial charge in [0.05, 0.1) is 7.11 Å². The van der Waals surface area contributed by atoms with Crippen molar-refractivity contribution >= 4 is 11.7 Å². The third kappa shape index (κ3) is 3.70. The molecule has 0 aliphatic rings. The summed E-state index contributed by atoms with van der Waals surface area (Å²) in [4.78, 5) is 13.4. The Bertz CT molecular complexity index is 398. The van der Waals surface area contributed by atoms with Gasteiger partial charge in [-0.15, -0.1) is 0 Å². The monoisotopic (exact) mass is 254 g/mol. The summed E-state index contributed by atoms with van der Waals surface area (Å²) in [5.41, 5.74) is 0.752. The Labute approximate surface area is 107 Å². The summed E-state index contributed by atoms with van der Waals surface area (Å²) in [5, 5.41) is 2.89. The first kappa shape index (κ1) is 14.4. The van der Waals surface area contributed by atoms with Crippen molar-refractivity contribution in [3.8, 4) is 0 Å². The van der Waals surface area contributed by atoms with Crippen molar-refractivity contribution < 1.29 is 13.9 Å². The Morgan fingerprint density at radius 2 is 2.28 bits per heavy atom. The Morgan fingerprint density at radius 1 is 1.56 bits per heavy atom. The largest absolute Gasteiger partial charge is 0.468 e. The number of ether oxygens (including phenoxy) is 1. The van der Waals surface area contributed by atoms with Crippen molar-refractivity contribution in [2.75, 3.05) is 32.1 Å². The van der Waals surface area contributed by atoms with Crippen LogP contribution in [0.2, 0.25) is 0 Å². The number of benzene rings is 1. The van der Waals surface area contributed by atoms with Crippen LogP contribution in [0.15, 0.2) is 24.3 Å². The van der Waals surface area contributed by atoms with Crippen LogP contribution in [0, 0.1) is 5.82 Å². The summed E-state index contributed by atoms with van der Waals surface area (Å²) < 4.78 is 17.9. The van der Waals surface area contributed by atoms with Gasteiger partial charge in [-0.25, -0.2) is 4.39 Å². The predicted octanol–water partition coefficient (Wildman–Crippen LogP) is 1.41. The van der Waals surface area contributed by atoms with Crippen molar-refractivity contribution in [3.05, 3.63) is 30.1 Å². The molecule has 100 valence electrons. The molecule has 1 N–H and O–H groups in total. The zero-order valence-electron chi connectivity index (χ0n) is 10.9. The Morgan fingerprint density at radius 3 is 2.78 bits per heavy atom. The third-order valence-electron chi connectivity index (χ3n) is 2.79. The molecule has 18 heavy (non-hydrogen) atoms. The van der Waals surface area contributed by atoms with Crippen LogP contribution < -0.4 is 10.2 Å². The second kappa shape index (κ2) is 6.96. The fourth-order valence-corrected chi connectivity index (χ4v) is 1.74. The number of carbonyl (C=O) groups is 1. The molecule has 0 saturated heterocycles. The Hall–Kier alpha value is -1.62. The van der Waals surface area contributed by atoms with E-state index in [1.165, 1.54) is 19.2 Å². The first-order chi connectivity index (χ1) is 8.62. The highest BCUT2D eigenvalue weighted by Crippen LogP contribution is 2.15. The summed E-state index contributed by atoms with van der Waals surface area (Å²) in [6.07, 6.45) is 0. The van der Waals surface area contributed by atoms with Gasteiger partial charge >= 0.3 is 5.97 Å². The van der Waals surface area contributed by atoms with Crippen LogP contribution in [0.1, 0.15) is 6.92 Å². The number of nitrogens with one attached hydrogen (secondary N) is 1. The molecule has 0 fully saturated rings. The smallest absolute Gasteiger partial charge is 0.324 e. The van der Waals surface area contributed by atoms with E-state index in [0.717, 1.165) is 5.69 Å². The van der Waals surface area contributed by atoms with Crippen LogP contribution in [-0.4, -0.2) is 39.3 Å². The quantitative estimate of drug-likeness (QED) is 0.779. The number of carbonyl (C=O) groups excluding carboxylic acids is 1. The van der Waals surface area contributed by atoms with E-state index in [9.17, 15) is 9.18 Å². The first-order valence-corrected chi connectivity index (χ1v) is 5.88. The molecule has 0 spiro atoms. The van der Waals surface area contributed by atoms with Crippen LogP contribution in [-0.2, 0) is 9.53 Å². The lowest BCUT2D eigenvalue weighted by Gasteiger charge is -2.27. The van der Waals surface area contributed by atoms with E-state index >= 15 is 0 Å². The fourth-order valence-electron chi connectivity index (χ4n) is 1.74. The van der Waals surface area contributed by atoms with E-state index in [-0.39, 0.29) is 11.8 Å². The molecule has 0 aromatic heterocycles. The van der Waals surface area contributed by atoms with Crippen molar-refractivity contribution in [3.63, 3.8) is 0 Å². The van der Waals surface area contributed by atoms with Crippen molar-refractivity contribution in [1.82, 2.24) is 5.32 Å². The number of halogens is 1. The van der Waals surface area contributed by atoms with E-state index in [4.69, 9.17) is 4.74 Å². The number of rotatable bonds is 6. The van der Waals surface area contributed by atoms with E-state index in [1.54, 1.807) is 13.1 Å². The molecule has 0 radical (unpaired) electrons. The van der Waals surface area contributed by atoms with E-state index in [2.05, 4.69) is 5.32 Å². The number of hydrogen-bond acceptors (Lipinski definition) is 4. The van der Waals surface area contributed by atoms with Crippen LogP contribution >= 0.6 is 0 Å². The molecule has 0 bridgehead atoms. The maximum atomic E-state index is 13.2. The molecule has 0 amide bonds. The van der Waals surface area contributed by atoms with Crippen LogP contribution in [0.25, 0.3) is 0 Å². The topological polar surface area (TPSA) is 41.6 Å². The average Bonchev–Trinajstić information content (AvgIpc) is 2.39. The molecular weight excluding hydrogens is 235 g/mol. The highest BCUT2D eigenvalue weighted by Gasteiger charge is 2.20. The summed E-state index contributed by atoms with van der Waals surface area (Å²) >= 11 is 0. The average molecular weight is 254 g/mol. The van der Waals surface area contributed by atoms with Gasteiger partial charge in [-0.1, -0.05) is 6.07 Å². The molecule has 5 heteroatoms. The molecular formula is C13H19FN2O2. The standard InChI is InChI=1S/C13H19FN2O2/c1-4-16(9-12(15-2)13(17)18-3)11-7-5-6-10(14)8-11/h5-8,12,15H,4,9H2,1-3H3. The van der Waals surface area contributed by atoms with Gasteiger partial charge < -0.3 is 15.0 Å². The van der Waals surface area contributed by atoms with Gasteiger partial charge in [-0.05, 0) is 32.2 Å². The molecule has 1 unspecified atom stereocenters. The third-order valence-corrected chi connectivity index (χ3v) is 2.79. The summed E-state index contributed by atoms with van der Waals surface area (Å²) in [7, 11) is 3.05. The van der Waals surface area contributed by atoms with Gasteiger partial charge in [0.1, 0.15) is 11.9 Å². The first-order valence-electron chi connectivity index (χ1n) is 5.88. The predicted molar refractivity (Wildman–Crippen MR) is 69.2 cm³/mol. The second-order valence-corrected chi connectivity index (χ2v) is 3.88. The minimum atomic E-state index is -0.432. The van der Waals surface area contributed by atoms with Crippen molar-refractivity contribution in [2.24, 2.45) is 0 Å². The molecule has 0 aliphatic heterocycles. The maximum Gasteiger partial charge on any atom is 0.324 e. The molecule has 1 aromatic carbocycles. The molecule has 1 rings (SSSR count). The van der Waals surface area contributed by atoms with Crippen LogP contribution in [0.5, 0.6) is 0 Å². The Kier molecular flexibility index (Phi) is 5.58. The zero-order valence-corrected chi connectivity index (χ0v) is 10.9. The zero-order chi connectivity index (χ0) is 13.5. The lowest BCUT2D eigenvalue weighted by atomic mass is 10.2. The molecule has 1 aromatic rings. The van der Waals surface area contributed by atoms with Crippen molar-refractivity contribution in [1.29, 1.82) is 0 Å². The molecule has 0 aliphatic carbocycles.